The molecule has 2 nitrogen and oxygen atoms in total. The van der Waals surface area contributed by atoms with E-state index < -0.39 is 0 Å². The molecule has 1 saturated carbocycles. The quantitative estimate of drug-likeness (QED) is 0.545. The maximum atomic E-state index is 3.75. The van der Waals surface area contributed by atoms with E-state index in [0.29, 0.717) is 6.04 Å². The molecule has 0 aliphatic heterocycles. The number of nitrogens with one attached hydrogen (secondary N) is 2. The molecule has 0 amide bonds. The van der Waals surface area contributed by atoms with Crippen LogP contribution >= 0.6 is 15.9 Å². The second kappa shape index (κ2) is 3.87. The molecule has 1 fully saturated rings. The Balaban J connectivity index is 2.57. The van der Waals surface area contributed by atoms with Crippen molar-refractivity contribution in [3.05, 3.63) is 0 Å². The lowest BCUT2D eigenvalue weighted by Gasteiger charge is -2.39. The highest BCUT2D eigenvalue weighted by atomic mass is 79.9. The van der Waals surface area contributed by atoms with Crippen molar-refractivity contribution >= 4 is 15.9 Å². The lowest BCUT2D eigenvalue weighted by atomic mass is 9.90. The van der Waals surface area contributed by atoms with Crippen molar-refractivity contribution in [2.24, 2.45) is 0 Å². The van der Waals surface area contributed by atoms with Crippen LogP contribution in [0.5, 0.6) is 0 Å². The molecule has 0 aromatic heterocycles. The minimum absolute atomic E-state index is 0.139. The van der Waals surface area contributed by atoms with E-state index in [-0.39, 0.29) is 4.45 Å². The summed E-state index contributed by atoms with van der Waals surface area (Å²) in [7, 11) is 4.05. The number of halogens is 1. The highest BCUT2D eigenvalue weighted by Crippen LogP contribution is 2.33. The minimum atomic E-state index is 0.139. The van der Waals surface area contributed by atoms with Crippen LogP contribution in [0.15, 0.2) is 0 Å². The van der Waals surface area contributed by atoms with Gasteiger partial charge in [0.25, 0.3) is 0 Å². The maximum Gasteiger partial charge on any atom is 0.0894 e. The summed E-state index contributed by atoms with van der Waals surface area (Å²) < 4.78 is 0.139. The molecule has 0 saturated heterocycles. The highest BCUT2D eigenvalue weighted by Gasteiger charge is 2.35. The zero-order chi connectivity index (χ0) is 8.32. The molecule has 2 N–H and O–H groups in total. The molecule has 0 aromatic rings. The molecule has 1 aliphatic rings. The van der Waals surface area contributed by atoms with Crippen LogP contribution in [-0.2, 0) is 0 Å². The smallest absolute Gasteiger partial charge is 0.0894 e. The Kier molecular flexibility index (Phi) is 3.34. The molecular formula is C8H17BrN2. The first kappa shape index (κ1) is 9.49. The van der Waals surface area contributed by atoms with Gasteiger partial charge in [0.05, 0.1) is 4.45 Å². The first-order valence-electron chi connectivity index (χ1n) is 4.28. The predicted octanol–water partition coefficient (Wildman–Crippen LogP) is 1.46. The molecule has 0 aromatic carbocycles. The van der Waals surface area contributed by atoms with Crippen molar-refractivity contribution in [1.82, 2.24) is 10.6 Å². The summed E-state index contributed by atoms with van der Waals surface area (Å²) in [5.74, 6) is 0. The van der Waals surface area contributed by atoms with E-state index >= 15 is 0 Å². The molecular weight excluding hydrogens is 204 g/mol. The molecule has 11 heavy (non-hydrogen) atoms. The Hall–Kier alpha value is 0.400. The molecule has 3 heteroatoms. The van der Waals surface area contributed by atoms with Gasteiger partial charge in [0.2, 0.25) is 0 Å². The van der Waals surface area contributed by atoms with Crippen LogP contribution in [0.4, 0.5) is 0 Å². The summed E-state index contributed by atoms with van der Waals surface area (Å²) in [5, 5.41) is 6.67. The molecule has 0 spiro atoms. The Morgan fingerprint density at radius 3 is 2.55 bits per heavy atom. The van der Waals surface area contributed by atoms with E-state index in [1.807, 2.05) is 14.1 Å². The van der Waals surface area contributed by atoms with Crippen molar-refractivity contribution in [3.63, 3.8) is 0 Å². The van der Waals surface area contributed by atoms with E-state index in [1.54, 1.807) is 0 Å². The normalized spacial score (nSPS) is 39.0. The lowest BCUT2D eigenvalue weighted by Crippen LogP contribution is -2.55. The third kappa shape index (κ3) is 1.95. The predicted molar refractivity (Wildman–Crippen MR) is 52.0 cm³/mol. The van der Waals surface area contributed by atoms with E-state index in [2.05, 4.69) is 26.6 Å². The van der Waals surface area contributed by atoms with Gasteiger partial charge in [-0.05, 0) is 26.9 Å². The summed E-state index contributed by atoms with van der Waals surface area (Å²) in [6.07, 6.45) is 5.16. The van der Waals surface area contributed by atoms with E-state index in [4.69, 9.17) is 0 Å². The van der Waals surface area contributed by atoms with Crippen LogP contribution in [0.1, 0.15) is 25.7 Å². The van der Waals surface area contributed by atoms with Crippen LogP contribution in [0.3, 0.4) is 0 Å². The molecule has 1 rings (SSSR count). The van der Waals surface area contributed by atoms with Crippen molar-refractivity contribution in [3.8, 4) is 0 Å². The molecule has 66 valence electrons. The van der Waals surface area contributed by atoms with Gasteiger partial charge in [-0.15, -0.1) is 0 Å². The minimum Gasteiger partial charge on any atom is -0.314 e. The Morgan fingerprint density at radius 2 is 2.09 bits per heavy atom. The SMILES string of the molecule is CNC1CCCCC1(Br)NC. The zero-order valence-corrected chi connectivity index (χ0v) is 8.87. The number of alkyl halides is 1. The maximum absolute atomic E-state index is 3.75. The Morgan fingerprint density at radius 1 is 1.36 bits per heavy atom. The molecule has 2 atom stereocenters. The van der Waals surface area contributed by atoms with Gasteiger partial charge in [0.1, 0.15) is 0 Å². The average molecular weight is 221 g/mol. The van der Waals surface area contributed by atoms with Crippen molar-refractivity contribution < 1.29 is 0 Å². The van der Waals surface area contributed by atoms with E-state index in [9.17, 15) is 0 Å². The fourth-order valence-corrected chi connectivity index (χ4v) is 2.54. The molecule has 0 bridgehead atoms. The third-order valence-corrected chi connectivity index (χ3v) is 3.95. The van der Waals surface area contributed by atoms with Gasteiger partial charge in [-0.25, -0.2) is 0 Å². The Bertz CT molecular complexity index is 129. The van der Waals surface area contributed by atoms with Gasteiger partial charge < -0.3 is 10.6 Å². The number of rotatable bonds is 2. The summed E-state index contributed by atoms with van der Waals surface area (Å²) in [6, 6.07) is 0.571. The number of likely N-dealkylation sites (N-methyl/N-ethyl adjacent to an activating group) is 2. The summed E-state index contributed by atoms with van der Waals surface area (Å²) in [4.78, 5) is 0. The van der Waals surface area contributed by atoms with Crippen LogP contribution in [0, 0.1) is 0 Å². The van der Waals surface area contributed by atoms with E-state index in [0.717, 1.165) is 0 Å². The van der Waals surface area contributed by atoms with Crippen LogP contribution in [-0.4, -0.2) is 24.6 Å². The fraction of sp³-hybridized carbons (Fsp3) is 1.00. The second-order valence-corrected chi connectivity index (χ2v) is 4.61. The summed E-state index contributed by atoms with van der Waals surface area (Å²) in [5.41, 5.74) is 0. The first-order chi connectivity index (χ1) is 5.23. The topological polar surface area (TPSA) is 24.1 Å². The number of hydrogen-bond acceptors (Lipinski definition) is 2. The lowest BCUT2D eigenvalue weighted by molar-refractivity contribution is 0.285. The van der Waals surface area contributed by atoms with Gasteiger partial charge in [0, 0.05) is 6.04 Å². The summed E-state index contributed by atoms with van der Waals surface area (Å²) >= 11 is 3.75. The van der Waals surface area contributed by atoms with Crippen molar-refractivity contribution in [2.75, 3.05) is 14.1 Å². The molecule has 1 aliphatic carbocycles. The first-order valence-corrected chi connectivity index (χ1v) is 5.07. The fourth-order valence-electron chi connectivity index (χ4n) is 1.81. The second-order valence-electron chi connectivity index (χ2n) is 3.20. The van der Waals surface area contributed by atoms with Gasteiger partial charge in [-0.3, -0.25) is 0 Å². The van der Waals surface area contributed by atoms with Crippen molar-refractivity contribution in [2.45, 2.75) is 36.2 Å². The molecule has 0 radical (unpaired) electrons. The average Bonchev–Trinajstić information content (AvgIpc) is 2.05. The van der Waals surface area contributed by atoms with E-state index in [1.165, 1.54) is 25.7 Å². The Labute approximate surface area is 77.3 Å². The standard InChI is InChI=1S/C8H17BrN2/c1-10-7-5-3-4-6-8(7,9)11-2/h7,10-11H,3-6H2,1-2H3. The van der Waals surface area contributed by atoms with Gasteiger partial charge in [-0.1, -0.05) is 28.8 Å². The monoisotopic (exact) mass is 220 g/mol. The number of hydrogen-bond donors (Lipinski definition) is 2. The largest absolute Gasteiger partial charge is 0.314 e. The highest BCUT2D eigenvalue weighted by molar-refractivity contribution is 9.10. The third-order valence-electron chi connectivity index (χ3n) is 2.60. The molecule has 0 heterocycles. The summed E-state index contributed by atoms with van der Waals surface area (Å²) in [6.45, 7) is 0. The van der Waals surface area contributed by atoms with Crippen LogP contribution < -0.4 is 10.6 Å². The molecule has 2 unspecified atom stereocenters. The van der Waals surface area contributed by atoms with Crippen LogP contribution in [0.2, 0.25) is 0 Å². The van der Waals surface area contributed by atoms with Crippen LogP contribution in [0.25, 0.3) is 0 Å². The zero-order valence-electron chi connectivity index (χ0n) is 7.28. The van der Waals surface area contributed by atoms with Gasteiger partial charge in [0.15, 0.2) is 0 Å². The van der Waals surface area contributed by atoms with Crippen molar-refractivity contribution in [1.29, 1.82) is 0 Å². The van der Waals surface area contributed by atoms with Gasteiger partial charge >= 0.3 is 0 Å². The van der Waals surface area contributed by atoms with Gasteiger partial charge in [-0.2, -0.15) is 0 Å².